The summed E-state index contributed by atoms with van der Waals surface area (Å²) in [6.45, 7) is 2.66. The van der Waals surface area contributed by atoms with Gasteiger partial charge in [-0.1, -0.05) is 34.1 Å². The zero-order valence-electron chi connectivity index (χ0n) is 11.4. The molecule has 0 saturated heterocycles. The number of alkyl halides is 1. The van der Waals surface area contributed by atoms with Gasteiger partial charge in [0.15, 0.2) is 0 Å². The van der Waals surface area contributed by atoms with Crippen LogP contribution in [0.15, 0.2) is 30.3 Å². The van der Waals surface area contributed by atoms with E-state index < -0.39 is 0 Å². The van der Waals surface area contributed by atoms with Crippen LogP contribution in [0.1, 0.15) is 28.9 Å². The number of hydrogen-bond acceptors (Lipinski definition) is 2. The number of carbonyl (C=O) groups is 1. The maximum Gasteiger partial charge on any atom is 0.252 e. The number of aryl methyl sites for hydroxylation is 1. The fourth-order valence-corrected chi connectivity index (χ4v) is 3.15. The van der Waals surface area contributed by atoms with Gasteiger partial charge < -0.3 is 5.32 Å². The molecule has 20 heavy (non-hydrogen) atoms. The molecule has 104 valence electrons. The number of nitrogens with zero attached hydrogens (tertiary/aromatic N) is 1. The number of benzene rings is 1. The van der Waals surface area contributed by atoms with Crippen LogP contribution in [0.25, 0.3) is 10.9 Å². The predicted molar refractivity (Wildman–Crippen MR) is 84.3 cm³/mol. The molecule has 1 aromatic carbocycles. The lowest BCUT2D eigenvalue weighted by atomic mass is 10.1. The summed E-state index contributed by atoms with van der Waals surface area (Å²) in [6, 6.07) is 9.65. The number of rotatable bonds is 4. The molecule has 4 heteroatoms. The van der Waals surface area contributed by atoms with Crippen molar-refractivity contribution in [1.29, 1.82) is 0 Å². The molecule has 1 aliphatic rings. The molecule has 2 aromatic rings. The maximum atomic E-state index is 12.4. The van der Waals surface area contributed by atoms with Gasteiger partial charge in [-0.2, -0.15) is 0 Å². The summed E-state index contributed by atoms with van der Waals surface area (Å²) in [5.41, 5.74) is 2.75. The van der Waals surface area contributed by atoms with E-state index in [-0.39, 0.29) is 11.3 Å². The lowest BCUT2D eigenvalue weighted by molar-refractivity contribution is 0.0948. The Hall–Kier alpha value is -1.42. The Bertz CT molecular complexity index is 665. The highest BCUT2D eigenvalue weighted by Crippen LogP contribution is 2.46. The second-order valence-electron chi connectivity index (χ2n) is 5.64. The van der Waals surface area contributed by atoms with Crippen LogP contribution in [0.3, 0.4) is 0 Å². The molecule has 1 aliphatic carbocycles. The summed E-state index contributed by atoms with van der Waals surface area (Å²) in [7, 11) is 0. The average Bonchev–Trinajstić information content (AvgIpc) is 3.24. The number of aromatic nitrogens is 1. The van der Waals surface area contributed by atoms with Crippen molar-refractivity contribution >= 4 is 32.7 Å². The average molecular weight is 333 g/mol. The van der Waals surface area contributed by atoms with E-state index in [1.54, 1.807) is 0 Å². The van der Waals surface area contributed by atoms with Gasteiger partial charge in [-0.15, -0.1) is 0 Å². The van der Waals surface area contributed by atoms with E-state index in [4.69, 9.17) is 0 Å². The second-order valence-corrected chi connectivity index (χ2v) is 6.21. The summed E-state index contributed by atoms with van der Waals surface area (Å²) in [5.74, 6) is -0.000995. The van der Waals surface area contributed by atoms with Gasteiger partial charge in [-0.3, -0.25) is 9.78 Å². The Morgan fingerprint density at radius 1 is 1.40 bits per heavy atom. The highest BCUT2D eigenvalue weighted by Gasteiger charge is 2.41. The Morgan fingerprint density at radius 2 is 2.15 bits per heavy atom. The fraction of sp³-hybridized carbons (Fsp3) is 0.375. The molecule has 1 aromatic heterocycles. The normalized spacial score (nSPS) is 16.1. The third kappa shape index (κ3) is 2.57. The molecule has 1 heterocycles. The van der Waals surface area contributed by atoms with Gasteiger partial charge >= 0.3 is 0 Å². The molecule has 1 N–H and O–H groups in total. The summed E-state index contributed by atoms with van der Waals surface area (Å²) in [6.07, 6.45) is 2.38. The minimum absolute atomic E-state index is 0.000995. The minimum atomic E-state index is -0.000995. The number of halogens is 1. The largest absolute Gasteiger partial charge is 0.351 e. The molecular weight excluding hydrogens is 316 g/mol. The topological polar surface area (TPSA) is 42.0 Å². The van der Waals surface area contributed by atoms with Crippen LogP contribution in [0.5, 0.6) is 0 Å². The first-order valence-corrected chi connectivity index (χ1v) is 7.96. The molecule has 1 fully saturated rings. The SMILES string of the molecule is Cc1cc(C(=O)NCC2(CBr)CC2)c2ccccc2n1. The van der Waals surface area contributed by atoms with Crippen molar-refractivity contribution in [3.05, 3.63) is 41.6 Å². The van der Waals surface area contributed by atoms with E-state index in [0.717, 1.165) is 34.0 Å². The summed E-state index contributed by atoms with van der Waals surface area (Å²) >= 11 is 3.53. The van der Waals surface area contributed by atoms with Gasteiger partial charge in [0.05, 0.1) is 11.1 Å². The van der Waals surface area contributed by atoms with Crippen LogP contribution in [0.4, 0.5) is 0 Å². The Balaban J connectivity index is 1.87. The van der Waals surface area contributed by atoms with Gasteiger partial charge in [-0.05, 0) is 37.3 Å². The number of fused-ring (bicyclic) bond motifs is 1. The van der Waals surface area contributed by atoms with Crippen LogP contribution in [-0.2, 0) is 0 Å². The zero-order chi connectivity index (χ0) is 14.2. The zero-order valence-corrected chi connectivity index (χ0v) is 13.0. The maximum absolute atomic E-state index is 12.4. The van der Waals surface area contributed by atoms with Crippen molar-refractivity contribution < 1.29 is 4.79 Å². The van der Waals surface area contributed by atoms with Crippen LogP contribution in [0.2, 0.25) is 0 Å². The van der Waals surface area contributed by atoms with E-state index >= 15 is 0 Å². The monoisotopic (exact) mass is 332 g/mol. The molecule has 0 radical (unpaired) electrons. The highest BCUT2D eigenvalue weighted by molar-refractivity contribution is 9.09. The van der Waals surface area contributed by atoms with E-state index in [1.165, 1.54) is 12.8 Å². The fourth-order valence-electron chi connectivity index (χ4n) is 2.39. The number of carbonyl (C=O) groups excluding carboxylic acids is 1. The predicted octanol–water partition coefficient (Wildman–Crippen LogP) is 3.45. The van der Waals surface area contributed by atoms with E-state index in [1.807, 2.05) is 37.3 Å². The standard InChI is InChI=1S/C16H17BrN2O/c1-11-8-13(12-4-2-3-5-14(12)19-11)15(20)18-10-16(9-17)6-7-16/h2-5,8H,6-7,9-10H2,1H3,(H,18,20). The lowest BCUT2D eigenvalue weighted by Crippen LogP contribution is -2.31. The quantitative estimate of drug-likeness (QED) is 0.871. The van der Waals surface area contributed by atoms with Crippen molar-refractivity contribution in [3.63, 3.8) is 0 Å². The Kier molecular flexibility index (Phi) is 3.50. The number of hydrogen-bond donors (Lipinski definition) is 1. The van der Waals surface area contributed by atoms with Crippen LogP contribution >= 0.6 is 15.9 Å². The molecule has 0 aliphatic heterocycles. The van der Waals surface area contributed by atoms with Crippen LogP contribution in [-0.4, -0.2) is 22.8 Å². The first kappa shape index (κ1) is 13.6. The third-order valence-electron chi connectivity index (χ3n) is 3.95. The number of nitrogens with one attached hydrogen (secondary N) is 1. The highest BCUT2D eigenvalue weighted by atomic mass is 79.9. The molecule has 0 unspecified atom stereocenters. The van der Waals surface area contributed by atoms with Crippen molar-refractivity contribution in [2.75, 3.05) is 11.9 Å². The van der Waals surface area contributed by atoms with E-state index in [9.17, 15) is 4.79 Å². The van der Waals surface area contributed by atoms with Crippen molar-refractivity contribution in [2.24, 2.45) is 5.41 Å². The summed E-state index contributed by atoms with van der Waals surface area (Å²) in [5, 5.41) is 4.95. The first-order valence-electron chi connectivity index (χ1n) is 6.84. The smallest absolute Gasteiger partial charge is 0.252 e. The number of amides is 1. The Morgan fingerprint density at radius 3 is 2.85 bits per heavy atom. The van der Waals surface area contributed by atoms with Gasteiger partial charge in [0.2, 0.25) is 0 Å². The summed E-state index contributed by atoms with van der Waals surface area (Å²) < 4.78 is 0. The van der Waals surface area contributed by atoms with Crippen LogP contribution in [0, 0.1) is 12.3 Å². The molecule has 0 bridgehead atoms. The number of pyridine rings is 1. The molecule has 1 amide bonds. The molecule has 0 atom stereocenters. The third-order valence-corrected chi connectivity index (χ3v) is 5.14. The Labute approximate surface area is 126 Å². The molecule has 1 saturated carbocycles. The molecule has 3 nitrogen and oxygen atoms in total. The minimum Gasteiger partial charge on any atom is -0.351 e. The molecular formula is C16H17BrN2O. The van der Waals surface area contributed by atoms with Gasteiger partial charge in [0, 0.05) is 23.0 Å². The second kappa shape index (κ2) is 5.17. The molecule has 3 rings (SSSR count). The first-order chi connectivity index (χ1) is 9.63. The molecule has 0 spiro atoms. The van der Waals surface area contributed by atoms with Crippen molar-refractivity contribution in [1.82, 2.24) is 10.3 Å². The van der Waals surface area contributed by atoms with Gasteiger partial charge in [0.25, 0.3) is 5.91 Å². The van der Waals surface area contributed by atoms with Gasteiger partial charge in [-0.25, -0.2) is 0 Å². The van der Waals surface area contributed by atoms with Gasteiger partial charge in [0.1, 0.15) is 0 Å². The summed E-state index contributed by atoms with van der Waals surface area (Å²) in [4.78, 5) is 16.9. The van der Waals surface area contributed by atoms with E-state index in [0.29, 0.717) is 0 Å². The number of para-hydroxylation sites is 1. The van der Waals surface area contributed by atoms with Crippen LogP contribution < -0.4 is 5.32 Å². The van der Waals surface area contributed by atoms with E-state index in [2.05, 4.69) is 26.2 Å². The van der Waals surface area contributed by atoms with Crippen molar-refractivity contribution in [2.45, 2.75) is 19.8 Å². The van der Waals surface area contributed by atoms with Crippen molar-refractivity contribution in [3.8, 4) is 0 Å². The lowest BCUT2D eigenvalue weighted by Gasteiger charge is -2.14.